The average molecular weight is 600 g/mol. The van der Waals surface area contributed by atoms with Crippen molar-refractivity contribution in [1.82, 2.24) is 20.9 Å². The van der Waals surface area contributed by atoms with Gasteiger partial charge in [-0.05, 0) is 60.5 Å². The van der Waals surface area contributed by atoms with E-state index < -0.39 is 0 Å². The molecule has 0 radical (unpaired) electrons. The third-order valence-corrected chi connectivity index (χ3v) is 9.20. The lowest BCUT2D eigenvalue weighted by Gasteiger charge is -2.16. The third kappa shape index (κ3) is 6.11. The molecule has 1 aromatic heterocycles. The minimum Gasteiger partial charge on any atom is -0.352 e. The summed E-state index contributed by atoms with van der Waals surface area (Å²) in [5.41, 5.74) is 10.6. The van der Waals surface area contributed by atoms with Crippen LogP contribution in [0.5, 0.6) is 0 Å². The standard InChI is InChI=1S/C35H36Cl2N4O/c1-2-31-25(20-39-21-26-14-16-33(42)40-26)13-15-32(41-31)30-10-4-9-29(35(30)37)28-8-3-7-27(34(28)36)23-11-12-24-19-38-17-5-6-22(24)18-23/h3-4,7-13,15,18,26,38-39H,2,5-6,14,16-17,19-21H2,1H3,(H,40,42). The summed E-state index contributed by atoms with van der Waals surface area (Å²) < 4.78 is 0. The van der Waals surface area contributed by atoms with Gasteiger partial charge in [-0.1, -0.05) is 90.8 Å². The summed E-state index contributed by atoms with van der Waals surface area (Å²) in [5.74, 6) is 0.140. The van der Waals surface area contributed by atoms with E-state index in [9.17, 15) is 4.79 Å². The monoisotopic (exact) mass is 598 g/mol. The predicted octanol–water partition coefficient (Wildman–Crippen LogP) is 7.36. The van der Waals surface area contributed by atoms with Crippen molar-refractivity contribution >= 4 is 29.1 Å². The summed E-state index contributed by atoms with van der Waals surface area (Å²) in [6, 6.07) is 23.3. The van der Waals surface area contributed by atoms with Gasteiger partial charge >= 0.3 is 0 Å². The Balaban J connectivity index is 1.27. The maximum atomic E-state index is 11.5. The number of benzene rings is 3. The summed E-state index contributed by atoms with van der Waals surface area (Å²) in [4.78, 5) is 16.5. The van der Waals surface area contributed by atoms with E-state index >= 15 is 0 Å². The number of nitrogens with zero attached hydrogens (tertiary/aromatic N) is 1. The summed E-state index contributed by atoms with van der Waals surface area (Å²) in [6.07, 6.45) is 4.52. The van der Waals surface area contributed by atoms with Crippen LogP contribution >= 0.6 is 23.2 Å². The van der Waals surface area contributed by atoms with Crippen LogP contribution in [0.2, 0.25) is 10.0 Å². The number of aryl methyl sites for hydroxylation is 2. The predicted molar refractivity (Wildman–Crippen MR) is 173 cm³/mol. The van der Waals surface area contributed by atoms with Crippen molar-refractivity contribution in [3.8, 4) is 33.5 Å². The van der Waals surface area contributed by atoms with Gasteiger partial charge in [0.2, 0.25) is 5.91 Å². The topological polar surface area (TPSA) is 66.0 Å². The number of fused-ring (bicyclic) bond motifs is 1. The molecule has 2 aliphatic heterocycles. The molecule has 1 amide bonds. The summed E-state index contributed by atoms with van der Waals surface area (Å²) in [7, 11) is 0. The van der Waals surface area contributed by atoms with E-state index in [2.05, 4.69) is 59.3 Å². The first-order chi connectivity index (χ1) is 20.5. The molecule has 42 heavy (non-hydrogen) atoms. The number of halogens is 2. The molecule has 3 heterocycles. The molecular weight excluding hydrogens is 563 g/mol. The maximum Gasteiger partial charge on any atom is 0.220 e. The molecule has 216 valence electrons. The number of nitrogens with one attached hydrogen (secondary N) is 3. The first kappa shape index (κ1) is 28.9. The Hall–Kier alpha value is -3.22. The Labute approximate surface area is 258 Å². The van der Waals surface area contributed by atoms with Gasteiger partial charge in [0.1, 0.15) is 0 Å². The number of pyridine rings is 1. The van der Waals surface area contributed by atoms with Crippen LogP contribution in [0.15, 0.2) is 66.7 Å². The van der Waals surface area contributed by atoms with Gasteiger partial charge in [-0.15, -0.1) is 0 Å². The van der Waals surface area contributed by atoms with Gasteiger partial charge in [0.25, 0.3) is 0 Å². The largest absolute Gasteiger partial charge is 0.352 e. The third-order valence-electron chi connectivity index (χ3n) is 8.39. The van der Waals surface area contributed by atoms with Crippen LogP contribution in [0.1, 0.15) is 48.6 Å². The molecule has 6 rings (SSSR count). The van der Waals surface area contributed by atoms with E-state index in [1.54, 1.807) is 0 Å². The first-order valence-corrected chi connectivity index (χ1v) is 15.7. The molecule has 1 fully saturated rings. The van der Waals surface area contributed by atoms with Crippen molar-refractivity contribution in [2.75, 3.05) is 13.1 Å². The van der Waals surface area contributed by atoms with Gasteiger partial charge in [-0.2, -0.15) is 0 Å². The highest BCUT2D eigenvalue weighted by molar-refractivity contribution is 6.39. The maximum absolute atomic E-state index is 11.5. The lowest BCUT2D eigenvalue weighted by atomic mass is 9.94. The molecular formula is C35H36Cl2N4O. The van der Waals surface area contributed by atoms with Gasteiger partial charge in [0.15, 0.2) is 0 Å². The minimum absolute atomic E-state index is 0.140. The highest BCUT2D eigenvalue weighted by Crippen LogP contribution is 2.42. The van der Waals surface area contributed by atoms with Crippen molar-refractivity contribution < 1.29 is 4.79 Å². The van der Waals surface area contributed by atoms with Crippen molar-refractivity contribution in [3.63, 3.8) is 0 Å². The van der Waals surface area contributed by atoms with E-state index in [1.165, 1.54) is 11.1 Å². The Morgan fingerprint density at radius 3 is 2.43 bits per heavy atom. The van der Waals surface area contributed by atoms with E-state index in [4.69, 9.17) is 28.2 Å². The van der Waals surface area contributed by atoms with E-state index in [-0.39, 0.29) is 11.9 Å². The van der Waals surface area contributed by atoms with Gasteiger partial charge in [-0.25, -0.2) is 0 Å². The second-order valence-corrected chi connectivity index (χ2v) is 11.9. The molecule has 1 unspecified atom stereocenters. The lowest BCUT2D eigenvalue weighted by molar-refractivity contribution is -0.119. The van der Waals surface area contributed by atoms with E-state index in [0.717, 1.165) is 90.1 Å². The fraction of sp³-hybridized carbons (Fsp3) is 0.314. The number of hydrogen-bond donors (Lipinski definition) is 3. The molecule has 1 saturated heterocycles. The Morgan fingerprint density at radius 1 is 0.905 bits per heavy atom. The summed E-state index contributed by atoms with van der Waals surface area (Å²) in [5, 5.41) is 11.3. The van der Waals surface area contributed by atoms with E-state index in [1.807, 2.05) is 30.3 Å². The second kappa shape index (κ2) is 13.0. The van der Waals surface area contributed by atoms with Gasteiger partial charge in [0.05, 0.1) is 15.7 Å². The number of carbonyl (C=O) groups is 1. The molecule has 0 aliphatic carbocycles. The fourth-order valence-corrected chi connectivity index (χ4v) is 6.75. The van der Waals surface area contributed by atoms with Crippen LogP contribution in [0, 0.1) is 0 Å². The van der Waals surface area contributed by atoms with Gasteiger partial charge in [0, 0.05) is 60.0 Å². The molecule has 0 bridgehead atoms. The highest BCUT2D eigenvalue weighted by Gasteiger charge is 2.21. The molecule has 7 heteroatoms. The summed E-state index contributed by atoms with van der Waals surface area (Å²) in [6.45, 7) is 5.54. The molecule has 0 saturated carbocycles. The van der Waals surface area contributed by atoms with Crippen LogP contribution in [0.4, 0.5) is 0 Å². The van der Waals surface area contributed by atoms with Crippen LogP contribution < -0.4 is 16.0 Å². The van der Waals surface area contributed by atoms with Crippen molar-refractivity contribution in [3.05, 3.63) is 99.2 Å². The number of rotatable bonds is 8. The fourth-order valence-electron chi connectivity index (χ4n) is 6.09. The van der Waals surface area contributed by atoms with E-state index in [0.29, 0.717) is 23.0 Å². The van der Waals surface area contributed by atoms with Crippen LogP contribution in [0.3, 0.4) is 0 Å². The van der Waals surface area contributed by atoms with Crippen LogP contribution in [-0.4, -0.2) is 30.0 Å². The Morgan fingerprint density at radius 2 is 1.67 bits per heavy atom. The van der Waals surface area contributed by atoms with Crippen molar-refractivity contribution in [2.24, 2.45) is 0 Å². The van der Waals surface area contributed by atoms with Gasteiger partial charge < -0.3 is 16.0 Å². The molecule has 4 aromatic rings. The zero-order valence-electron chi connectivity index (χ0n) is 23.9. The zero-order valence-corrected chi connectivity index (χ0v) is 25.4. The quantitative estimate of drug-likeness (QED) is 0.198. The lowest BCUT2D eigenvalue weighted by Crippen LogP contribution is -2.35. The smallest absolute Gasteiger partial charge is 0.220 e. The zero-order chi connectivity index (χ0) is 29.1. The molecule has 5 nitrogen and oxygen atoms in total. The van der Waals surface area contributed by atoms with Crippen molar-refractivity contribution in [1.29, 1.82) is 0 Å². The molecule has 1 atom stereocenters. The number of aromatic nitrogens is 1. The van der Waals surface area contributed by atoms with Crippen LogP contribution in [0.25, 0.3) is 33.5 Å². The minimum atomic E-state index is 0.140. The average Bonchev–Trinajstić information content (AvgIpc) is 3.27. The Bertz CT molecular complexity index is 1620. The second-order valence-electron chi connectivity index (χ2n) is 11.2. The summed E-state index contributed by atoms with van der Waals surface area (Å²) >= 11 is 14.2. The molecule has 3 N–H and O–H groups in total. The number of hydrogen-bond acceptors (Lipinski definition) is 4. The number of carbonyl (C=O) groups excluding carboxylic acids is 1. The normalized spacial score (nSPS) is 16.6. The SMILES string of the molecule is CCc1nc(-c2cccc(-c3cccc(-c4ccc5c(c4)CCCNC5)c3Cl)c2Cl)ccc1CNCC1CCC(=O)N1. The number of amides is 1. The first-order valence-electron chi connectivity index (χ1n) is 14.9. The Kier molecular flexibility index (Phi) is 8.92. The van der Waals surface area contributed by atoms with Crippen molar-refractivity contribution in [2.45, 2.75) is 58.2 Å². The van der Waals surface area contributed by atoms with Gasteiger partial charge in [-0.3, -0.25) is 9.78 Å². The molecule has 3 aromatic carbocycles. The molecule has 2 aliphatic rings. The molecule has 0 spiro atoms. The highest BCUT2D eigenvalue weighted by atomic mass is 35.5. The van der Waals surface area contributed by atoms with Crippen LogP contribution in [-0.2, 0) is 30.7 Å².